The number of para-hydroxylation sites is 1. The Kier molecular flexibility index (Phi) is 7.28. The van der Waals surface area contributed by atoms with E-state index in [1.165, 1.54) is 7.11 Å². The number of benzene rings is 2. The van der Waals surface area contributed by atoms with Crippen molar-refractivity contribution in [1.29, 1.82) is 0 Å². The second kappa shape index (κ2) is 9.45. The molecule has 1 amide bonds. The van der Waals surface area contributed by atoms with Crippen molar-refractivity contribution in [3.63, 3.8) is 0 Å². The standard InChI is InChI=1S/C20H26N2O5S/c1-5-16-8-6-7-9-17(16)22(28(4,24)25)14-20(23)21-13-15-10-11-18(26-2)19(12-15)27-3/h6-12H,5,13-14H2,1-4H3,(H,21,23). The second-order valence-corrected chi connectivity index (χ2v) is 8.12. The largest absolute Gasteiger partial charge is 0.493 e. The number of carbonyl (C=O) groups excluding carboxylic acids is 1. The van der Waals surface area contributed by atoms with E-state index >= 15 is 0 Å². The fourth-order valence-electron chi connectivity index (χ4n) is 2.81. The van der Waals surface area contributed by atoms with E-state index in [9.17, 15) is 13.2 Å². The maximum absolute atomic E-state index is 12.5. The predicted octanol–water partition coefficient (Wildman–Crippen LogP) is 2.35. The van der Waals surface area contributed by atoms with Gasteiger partial charge in [-0.15, -0.1) is 0 Å². The maximum atomic E-state index is 12.5. The van der Waals surface area contributed by atoms with Crippen LogP contribution < -0.4 is 19.1 Å². The van der Waals surface area contributed by atoms with Gasteiger partial charge in [-0.3, -0.25) is 9.10 Å². The van der Waals surface area contributed by atoms with Crippen LogP contribution in [0.4, 0.5) is 5.69 Å². The van der Waals surface area contributed by atoms with Gasteiger partial charge in [0.15, 0.2) is 11.5 Å². The second-order valence-electron chi connectivity index (χ2n) is 6.22. The first kappa shape index (κ1) is 21.6. The molecule has 28 heavy (non-hydrogen) atoms. The molecule has 0 aromatic heterocycles. The van der Waals surface area contributed by atoms with Crippen LogP contribution in [-0.4, -0.2) is 41.3 Å². The highest BCUT2D eigenvalue weighted by atomic mass is 32.2. The Balaban J connectivity index is 2.13. The Labute approximate surface area is 166 Å². The Hall–Kier alpha value is -2.74. The average molecular weight is 407 g/mol. The van der Waals surface area contributed by atoms with Crippen LogP contribution in [-0.2, 0) is 27.8 Å². The van der Waals surface area contributed by atoms with Crippen molar-refractivity contribution in [1.82, 2.24) is 5.32 Å². The number of amides is 1. The van der Waals surface area contributed by atoms with Crippen molar-refractivity contribution in [2.24, 2.45) is 0 Å². The highest BCUT2D eigenvalue weighted by Crippen LogP contribution is 2.27. The molecular weight excluding hydrogens is 380 g/mol. The van der Waals surface area contributed by atoms with E-state index in [2.05, 4.69) is 5.32 Å². The van der Waals surface area contributed by atoms with Gasteiger partial charge in [-0.1, -0.05) is 31.2 Å². The third-order valence-electron chi connectivity index (χ3n) is 4.27. The number of methoxy groups -OCH3 is 2. The molecule has 8 heteroatoms. The lowest BCUT2D eigenvalue weighted by Crippen LogP contribution is -2.40. The van der Waals surface area contributed by atoms with Gasteiger partial charge < -0.3 is 14.8 Å². The summed E-state index contributed by atoms with van der Waals surface area (Å²) < 4.78 is 36.1. The Morgan fingerprint density at radius 2 is 1.75 bits per heavy atom. The molecule has 0 saturated carbocycles. The van der Waals surface area contributed by atoms with E-state index in [0.717, 1.165) is 21.7 Å². The summed E-state index contributed by atoms with van der Waals surface area (Å²) in [6.07, 6.45) is 1.76. The number of sulfonamides is 1. The molecule has 0 aliphatic carbocycles. The van der Waals surface area contributed by atoms with Gasteiger partial charge in [0.1, 0.15) is 6.54 Å². The molecule has 152 valence electrons. The van der Waals surface area contributed by atoms with Crippen LogP contribution in [0.3, 0.4) is 0 Å². The van der Waals surface area contributed by atoms with Gasteiger partial charge in [0.05, 0.1) is 26.2 Å². The van der Waals surface area contributed by atoms with Crippen LogP contribution in [0, 0.1) is 0 Å². The van der Waals surface area contributed by atoms with Gasteiger partial charge in [0.2, 0.25) is 15.9 Å². The molecule has 0 saturated heterocycles. The molecule has 2 rings (SSSR count). The van der Waals surface area contributed by atoms with E-state index in [1.54, 1.807) is 31.4 Å². The van der Waals surface area contributed by atoms with Gasteiger partial charge in [-0.2, -0.15) is 0 Å². The van der Waals surface area contributed by atoms with Crippen molar-refractivity contribution in [2.45, 2.75) is 19.9 Å². The summed E-state index contributed by atoms with van der Waals surface area (Å²) in [5, 5.41) is 2.76. The van der Waals surface area contributed by atoms with Crippen LogP contribution in [0.5, 0.6) is 11.5 Å². The van der Waals surface area contributed by atoms with Gasteiger partial charge >= 0.3 is 0 Å². The van der Waals surface area contributed by atoms with Crippen molar-refractivity contribution in [3.05, 3.63) is 53.6 Å². The zero-order valence-electron chi connectivity index (χ0n) is 16.6. The molecular formula is C20H26N2O5S. The molecule has 2 aromatic rings. The summed E-state index contributed by atoms with van der Waals surface area (Å²) in [4.78, 5) is 12.5. The maximum Gasteiger partial charge on any atom is 0.241 e. The lowest BCUT2D eigenvalue weighted by atomic mass is 10.1. The number of anilines is 1. The summed E-state index contributed by atoms with van der Waals surface area (Å²) in [6.45, 7) is 1.89. The summed E-state index contributed by atoms with van der Waals surface area (Å²) in [7, 11) is -0.526. The van der Waals surface area contributed by atoms with Crippen molar-refractivity contribution >= 4 is 21.6 Å². The minimum absolute atomic E-state index is 0.242. The smallest absolute Gasteiger partial charge is 0.241 e. The fourth-order valence-corrected chi connectivity index (χ4v) is 3.70. The van der Waals surface area contributed by atoms with Gasteiger partial charge in [-0.05, 0) is 35.7 Å². The first-order chi connectivity index (χ1) is 13.3. The van der Waals surface area contributed by atoms with Crippen LogP contribution in [0.1, 0.15) is 18.1 Å². The fraction of sp³-hybridized carbons (Fsp3) is 0.350. The molecule has 0 unspecified atom stereocenters. The average Bonchev–Trinajstić information content (AvgIpc) is 2.69. The van der Waals surface area contributed by atoms with E-state index < -0.39 is 15.9 Å². The van der Waals surface area contributed by atoms with E-state index in [0.29, 0.717) is 23.6 Å². The number of ether oxygens (including phenoxy) is 2. The number of carbonyl (C=O) groups is 1. The van der Waals surface area contributed by atoms with E-state index in [4.69, 9.17) is 9.47 Å². The zero-order valence-corrected chi connectivity index (χ0v) is 17.4. The summed E-state index contributed by atoms with van der Waals surface area (Å²) in [6, 6.07) is 12.5. The SMILES string of the molecule is CCc1ccccc1N(CC(=O)NCc1ccc(OC)c(OC)c1)S(C)(=O)=O. The van der Waals surface area contributed by atoms with Crippen molar-refractivity contribution in [2.75, 3.05) is 31.3 Å². The number of hydrogen-bond acceptors (Lipinski definition) is 5. The number of nitrogens with zero attached hydrogens (tertiary/aromatic N) is 1. The third-order valence-corrected chi connectivity index (χ3v) is 5.39. The monoisotopic (exact) mass is 406 g/mol. The lowest BCUT2D eigenvalue weighted by Gasteiger charge is -2.24. The molecule has 0 atom stereocenters. The molecule has 0 heterocycles. The molecule has 0 aliphatic rings. The molecule has 0 radical (unpaired) electrons. The van der Waals surface area contributed by atoms with E-state index in [1.807, 2.05) is 25.1 Å². The first-order valence-corrected chi connectivity index (χ1v) is 10.7. The van der Waals surface area contributed by atoms with Crippen molar-refractivity contribution in [3.8, 4) is 11.5 Å². The minimum atomic E-state index is -3.61. The molecule has 1 N–H and O–H groups in total. The molecule has 0 bridgehead atoms. The number of nitrogens with one attached hydrogen (secondary N) is 1. The van der Waals surface area contributed by atoms with Gasteiger partial charge in [0, 0.05) is 6.54 Å². The zero-order chi connectivity index (χ0) is 20.7. The summed E-state index contributed by atoms with van der Waals surface area (Å²) in [5.41, 5.74) is 2.19. The van der Waals surface area contributed by atoms with Gasteiger partial charge in [-0.25, -0.2) is 8.42 Å². The highest BCUT2D eigenvalue weighted by molar-refractivity contribution is 7.92. The Bertz CT molecular complexity index is 928. The van der Waals surface area contributed by atoms with E-state index in [-0.39, 0.29) is 13.1 Å². The third kappa shape index (κ3) is 5.39. The minimum Gasteiger partial charge on any atom is -0.493 e. The van der Waals surface area contributed by atoms with Crippen molar-refractivity contribution < 1.29 is 22.7 Å². The van der Waals surface area contributed by atoms with Crippen LogP contribution >= 0.6 is 0 Å². The molecule has 7 nitrogen and oxygen atoms in total. The van der Waals surface area contributed by atoms with Crippen LogP contribution in [0.15, 0.2) is 42.5 Å². The number of rotatable bonds is 9. The Morgan fingerprint density at radius 3 is 2.36 bits per heavy atom. The molecule has 0 aliphatic heterocycles. The summed E-state index contributed by atoms with van der Waals surface area (Å²) in [5.74, 6) is 0.756. The van der Waals surface area contributed by atoms with Crippen LogP contribution in [0.25, 0.3) is 0 Å². The first-order valence-electron chi connectivity index (χ1n) is 8.83. The molecule has 0 fully saturated rings. The topological polar surface area (TPSA) is 84.9 Å². The molecule has 0 spiro atoms. The molecule has 2 aromatic carbocycles. The highest BCUT2D eigenvalue weighted by Gasteiger charge is 2.22. The van der Waals surface area contributed by atoms with Crippen LogP contribution in [0.2, 0.25) is 0 Å². The normalized spacial score (nSPS) is 11.0. The van der Waals surface area contributed by atoms with Gasteiger partial charge in [0.25, 0.3) is 0 Å². The number of hydrogen-bond donors (Lipinski definition) is 1. The lowest BCUT2D eigenvalue weighted by molar-refractivity contribution is -0.119. The predicted molar refractivity (Wildman–Crippen MR) is 109 cm³/mol. The number of aryl methyl sites for hydroxylation is 1. The Morgan fingerprint density at radius 1 is 1.07 bits per heavy atom. The summed E-state index contributed by atoms with van der Waals surface area (Å²) >= 11 is 0. The quantitative estimate of drug-likeness (QED) is 0.691.